The van der Waals surface area contributed by atoms with Crippen LogP contribution >= 0.6 is 31.9 Å². The minimum atomic E-state index is -0.470. The van der Waals surface area contributed by atoms with Crippen molar-refractivity contribution in [1.82, 2.24) is 5.32 Å². The molecule has 0 rings (SSSR count). The number of nitrogens with one attached hydrogen (secondary N) is 1. The molecule has 0 saturated heterocycles. The van der Waals surface area contributed by atoms with Crippen molar-refractivity contribution >= 4 is 38.0 Å². The van der Waals surface area contributed by atoms with Crippen LogP contribution in [-0.4, -0.2) is 17.7 Å². The van der Waals surface area contributed by atoms with Crippen molar-refractivity contribution in [2.24, 2.45) is 5.92 Å². The molecule has 17 heavy (non-hydrogen) atoms. The van der Waals surface area contributed by atoms with E-state index < -0.39 is 5.60 Å². The molecule has 3 nitrogen and oxygen atoms in total. The van der Waals surface area contributed by atoms with Gasteiger partial charge >= 0.3 is 6.09 Å². The van der Waals surface area contributed by atoms with E-state index in [2.05, 4.69) is 51.0 Å². The first-order valence-electron chi connectivity index (χ1n) is 5.62. The fourth-order valence-electron chi connectivity index (χ4n) is 1.29. The van der Waals surface area contributed by atoms with Crippen LogP contribution in [0.3, 0.4) is 0 Å². The molecule has 1 N–H and O–H groups in total. The van der Waals surface area contributed by atoms with E-state index in [-0.39, 0.29) is 12.1 Å². The highest BCUT2D eigenvalue weighted by Gasteiger charge is 2.19. The summed E-state index contributed by atoms with van der Waals surface area (Å²) in [6.07, 6.45) is 2.38. The Kier molecular flexibility index (Phi) is 7.40. The highest BCUT2D eigenvalue weighted by Crippen LogP contribution is 2.17. The molecule has 0 heterocycles. The van der Waals surface area contributed by atoms with Crippen LogP contribution in [0.1, 0.15) is 41.0 Å². The van der Waals surface area contributed by atoms with Gasteiger partial charge in [-0.3, -0.25) is 0 Å². The Morgan fingerprint density at radius 2 is 1.88 bits per heavy atom. The van der Waals surface area contributed by atoms with Crippen LogP contribution in [-0.2, 0) is 4.74 Å². The molecule has 1 atom stereocenters. The molecule has 5 heteroatoms. The minimum absolute atomic E-state index is 0.0430. The fourth-order valence-corrected chi connectivity index (χ4v) is 1.93. The van der Waals surface area contributed by atoms with Gasteiger partial charge in [0.2, 0.25) is 0 Å². The Bertz CT molecular complexity index is 279. The summed E-state index contributed by atoms with van der Waals surface area (Å²) in [5, 5.41) is 2.84. The molecule has 0 radical (unpaired) electrons. The van der Waals surface area contributed by atoms with Gasteiger partial charge in [-0.1, -0.05) is 13.8 Å². The predicted octanol–water partition coefficient (Wildman–Crippen LogP) is 4.56. The maximum atomic E-state index is 11.6. The zero-order valence-corrected chi connectivity index (χ0v) is 14.2. The Labute approximate surface area is 121 Å². The molecule has 0 unspecified atom stereocenters. The van der Waals surface area contributed by atoms with Crippen molar-refractivity contribution in [3.63, 3.8) is 0 Å². The molecule has 0 fully saturated rings. The van der Waals surface area contributed by atoms with Crippen molar-refractivity contribution in [1.29, 1.82) is 0 Å². The predicted molar refractivity (Wildman–Crippen MR) is 78.5 cm³/mol. The summed E-state index contributed by atoms with van der Waals surface area (Å²) in [6.45, 7) is 9.76. The largest absolute Gasteiger partial charge is 0.444 e. The number of hydrogen-bond acceptors (Lipinski definition) is 2. The maximum absolute atomic E-state index is 11.6. The van der Waals surface area contributed by atoms with E-state index in [4.69, 9.17) is 4.74 Å². The lowest BCUT2D eigenvalue weighted by molar-refractivity contribution is 0.0510. The molecule has 0 spiro atoms. The van der Waals surface area contributed by atoms with E-state index in [1.807, 2.05) is 26.8 Å². The summed E-state index contributed by atoms with van der Waals surface area (Å²) < 4.78 is 6.05. The summed E-state index contributed by atoms with van der Waals surface area (Å²) >= 11 is 6.60. The van der Waals surface area contributed by atoms with Crippen LogP contribution < -0.4 is 5.32 Å². The standard InChI is InChI=1S/C12H21Br2NO2/c1-8(2)6-9(7-10(13)14)15-11(16)17-12(3,4)5/h7-9H,6H2,1-5H3,(H,15,16)/t9-/m0/s1. The second-order valence-electron chi connectivity index (χ2n) is 5.34. The monoisotopic (exact) mass is 369 g/mol. The van der Waals surface area contributed by atoms with E-state index >= 15 is 0 Å². The molecule has 0 aromatic carbocycles. The van der Waals surface area contributed by atoms with Crippen LogP contribution in [0.25, 0.3) is 0 Å². The molecule has 1 amide bonds. The Morgan fingerprint density at radius 1 is 1.35 bits per heavy atom. The van der Waals surface area contributed by atoms with Gasteiger partial charge in [-0.25, -0.2) is 4.79 Å². The SMILES string of the molecule is CC(C)C[C@@H](C=C(Br)Br)NC(=O)OC(C)(C)C. The van der Waals surface area contributed by atoms with E-state index in [1.54, 1.807) is 0 Å². The van der Waals surface area contributed by atoms with Gasteiger partial charge in [-0.2, -0.15) is 0 Å². The average molecular weight is 371 g/mol. The molecule has 0 aliphatic rings. The van der Waals surface area contributed by atoms with Gasteiger partial charge in [-0.15, -0.1) is 0 Å². The smallest absolute Gasteiger partial charge is 0.408 e. The van der Waals surface area contributed by atoms with Crippen molar-refractivity contribution in [2.75, 3.05) is 0 Å². The summed E-state index contributed by atoms with van der Waals surface area (Å²) in [6, 6.07) is -0.0430. The van der Waals surface area contributed by atoms with Gasteiger partial charge in [0.05, 0.1) is 9.43 Å². The lowest BCUT2D eigenvalue weighted by Gasteiger charge is -2.23. The van der Waals surface area contributed by atoms with Gasteiger partial charge in [0.15, 0.2) is 0 Å². The third kappa shape index (κ3) is 10.8. The minimum Gasteiger partial charge on any atom is -0.444 e. The summed E-state index contributed by atoms with van der Waals surface area (Å²) in [7, 11) is 0. The summed E-state index contributed by atoms with van der Waals surface area (Å²) in [4.78, 5) is 11.6. The molecule has 0 aliphatic carbocycles. The van der Waals surface area contributed by atoms with Crippen LogP contribution in [0.4, 0.5) is 4.79 Å². The number of hydrogen-bond donors (Lipinski definition) is 1. The second kappa shape index (κ2) is 7.41. The second-order valence-corrected chi connectivity index (χ2v) is 8.11. The van der Waals surface area contributed by atoms with Crippen LogP contribution in [0, 0.1) is 5.92 Å². The normalized spacial score (nSPS) is 13.2. The first-order valence-corrected chi connectivity index (χ1v) is 7.21. The molecule has 0 aromatic rings. The third-order valence-electron chi connectivity index (χ3n) is 1.75. The van der Waals surface area contributed by atoms with E-state index in [1.165, 1.54) is 0 Å². The van der Waals surface area contributed by atoms with Crippen LogP contribution in [0.2, 0.25) is 0 Å². The van der Waals surface area contributed by atoms with E-state index in [0.29, 0.717) is 5.92 Å². The topological polar surface area (TPSA) is 38.3 Å². The quantitative estimate of drug-likeness (QED) is 0.787. The Morgan fingerprint density at radius 3 is 2.24 bits per heavy atom. The number of carbonyl (C=O) groups is 1. The first kappa shape index (κ1) is 17.0. The van der Waals surface area contributed by atoms with Crippen LogP contribution in [0.5, 0.6) is 0 Å². The van der Waals surface area contributed by atoms with Crippen molar-refractivity contribution in [2.45, 2.75) is 52.7 Å². The highest BCUT2D eigenvalue weighted by molar-refractivity contribution is 9.28. The summed E-state index contributed by atoms with van der Waals surface area (Å²) in [5.41, 5.74) is -0.470. The lowest BCUT2D eigenvalue weighted by Crippen LogP contribution is -2.38. The van der Waals surface area contributed by atoms with Crippen molar-refractivity contribution in [3.8, 4) is 0 Å². The molecule has 0 bridgehead atoms. The Hall–Kier alpha value is -0.0300. The maximum Gasteiger partial charge on any atom is 0.408 e. The first-order chi connectivity index (χ1) is 7.60. The lowest BCUT2D eigenvalue weighted by atomic mass is 10.0. The Balaban J connectivity index is 4.43. The van der Waals surface area contributed by atoms with Crippen LogP contribution in [0.15, 0.2) is 9.47 Å². The number of rotatable bonds is 4. The zero-order chi connectivity index (χ0) is 13.6. The number of amides is 1. The molecular weight excluding hydrogens is 350 g/mol. The zero-order valence-electron chi connectivity index (χ0n) is 11.0. The molecule has 0 aromatic heterocycles. The van der Waals surface area contributed by atoms with Gasteiger partial charge in [0.1, 0.15) is 5.60 Å². The third-order valence-corrected chi connectivity index (χ3v) is 2.28. The molecule has 0 aliphatic heterocycles. The number of halogens is 2. The molecular formula is C12H21Br2NO2. The van der Waals surface area contributed by atoms with Gasteiger partial charge in [0.25, 0.3) is 0 Å². The van der Waals surface area contributed by atoms with Gasteiger partial charge in [-0.05, 0) is 71.0 Å². The summed E-state index contributed by atoms with van der Waals surface area (Å²) in [5.74, 6) is 0.491. The number of carbonyl (C=O) groups excluding carboxylic acids is 1. The van der Waals surface area contributed by atoms with Crippen molar-refractivity contribution < 1.29 is 9.53 Å². The number of alkyl carbamates (subject to hydrolysis) is 1. The fraction of sp³-hybridized carbons (Fsp3) is 0.750. The number of ether oxygens (including phenoxy) is 1. The molecule has 0 saturated carbocycles. The van der Waals surface area contributed by atoms with Gasteiger partial charge < -0.3 is 10.1 Å². The van der Waals surface area contributed by atoms with E-state index in [0.717, 1.165) is 9.81 Å². The van der Waals surface area contributed by atoms with Gasteiger partial charge in [0, 0.05) is 0 Å². The molecule has 100 valence electrons. The van der Waals surface area contributed by atoms with E-state index in [9.17, 15) is 4.79 Å². The average Bonchev–Trinajstić information content (AvgIpc) is 1.95. The highest BCUT2D eigenvalue weighted by atomic mass is 79.9. The van der Waals surface area contributed by atoms with Crippen molar-refractivity contribution in [3.05, 3.63) is 9.47 Å².